The van der Waals surface area contributed by atoms with E-state index in [1.165, 1.54) is 18.3 Å². The number of aromatic nitrogens is 7. The number of anilines is 1. The fourth-order valence-corrected chi connectivity index (χ4v) is 4.21. The summed E-state index contributed by atoms with van der Waals surface area (Å²) in [6.45, 7) is 4.03. The number of rotatable bonds is 5. The van der Waals surface area contributed by atoms with Gasteiger partial charge in [0.05, 0.1) is 11.1 Å². The van der Waals surface area contributed by atoms with Crippen molar-refractivity contribution in [2.45, 2.75) is 19.9 Å². The Balaban J connectivity index is 1.48. The number of halogens is 2. The van der Waals surface area contributed by atoms with Gasteiger partial charge in [-0.25, -0.2) is 23.7 Å². The van der Waals surface area contributed by atoms with Crippen LogP contribution in [0.4, 0.5) is 14.5 Å². The van der Waals surface area contributed by atoms with Gasteiger partial charge in [-0.05, 0) is 43.7 Å². The minimum Gasteiger partial charge on any atom is -0.382 e. The number of benzene rings is 1. The molecule has 0 aliphatic heterocycles. The monoisotopic (exact) mass is 482 g/mol. The van der Waals surface area contributed by atoms with E-state index in [-0.39, 0.29) is 22.9 Å². The van der Waals surface area contributed by atoms with Gasteiger partial charge in [0.15, 0.2) is 17.1 Å². The van der Waals surface area contributed by atoms with Crippen LogP contribution in [-0.4, -0.2) is 41.2 Å². The molecule has 6 aromatic rings. The summed E-state index contributed by atoms with van der Waals surface area (Å²) in [5.41, 5.74) is 4.86. The summed E-state index contributed by atoms with van der Waals surface area (Å²) in [5.74, 6) is -0.474. The van der Waals surface area contributed by atoms with Gasteiger partial charge < -0.3 is 10.3 Å². The molecular formula is C26H20F2N8. The highest BCUT2D eigenvalue weighted by atomic mass is 19.1. The highest BCUT2D eigenvalue weighted by Gasteiger charge is 2.21. The summed E-state index contributed by atoms with van der Waals surface area (Å²) >= 11 is 0. The molecule has 0 bridgehead atoms. The minimum atomic E-state index is -0.487. The van der Waals surface area contributed by atoms with Crippen molar-refractivity contribution < 1.29 is 8.78 Å². The molecule has 5 heterocycles. The molecule has 6 rings (SSSR count). The Bertz CT molecular complexity index is 1720. The molecule has 0 unspecified atom stereocenters. The van der Waals surface area contributed by atoms with E-state index < -0.39 is 5.82 Å². The first-order chi connectivity index (χ1) is 17.5. The molecule has 0 fully saturated rings. The fraction of sp³-hybridized carbons (Fsp3) is 0.115. The second-order valence-corrected chi connectivity index (χ2v) is 8.69. The SMILES string of the molecule is CC(C)Nc1cncc(-c2cnc3[nH]nc(-c4nc5c(-c6ccc(F)cc6)ccnc5[nH]4)c3c2F)c1. The maximum absolute atomic E-state index is 15.9. The van der Waals surface area contributed by atoms with Crippen molar-refractivity contribution >= 4 is 27.9 Å². The predicted octanol–water partition coefficient (Wildman–Crippen LogP) is 5.72. The highest BCUT2D eigenvalue weighted by molar-refractivity contribution is 5.96. The maximum Gasteiger partial charge on any atom is 0.161 e. The van der Waals surface area contributed by atoms with E-state index in [0.29, 0.717) is 33.8 Å². The molecule has 5 aromatic heterocycles. The Morgan fingerprint density at radius 1 is 0.889 bits per heavy atom. The molecule has 1 aromatic carbocycles. The molecule has 0 aliphatic carbocycles. The van der Waals surface area contributed by atoms with Crippen molar-refractivity contribution in [3.63, 3.8) is 0 Å². The number of nitrogens with zero attached hydrogens (tertiary/aromatic N) is 5. The molecule has 0 spiro atoms. The summed E-state index contributed by atoms with van der Waals surface area (Å²) < 4.78 is 29.4. The van der Waals surface area contributed by atoms with Crippen LogP contribution in [0.2, 0.25) is 0 Å². The van der Waals surface area contributed by atoms with E-state index in [0.717, 1.165) is 16.8 Å². The van der Waals surface area contributed by atoms with Crippen LogP contribution < -0.4 is 5.32 Å². The van der Waals surface area contributed by atoms with Crippen LogP contribution in [0.3, 0.4) is 0 Å². The number of imidazole rings is 1. The Morgan fingerprint density at radius 2 is 1.72 bits per heavy atom. The third kappa shape index (κ3) is 3.72. The first-order valence-corrected chi connectivity index (χ1v) is 11.3. The Morgan fingerprint density at radius 3 is 2.53 bits per heavy atom. The summed E-state index contributed by atoms with van der Waals surface area (Å²) in [7, 11) is 0. The van der Waals surface area contributed by atoms with Crippen LogP contribution in [0.5, 0.6) is 0 Å². The van der Waals surface area contributed by atoms with Gasteiger partial charge in [-0.15, -0.1) is 0 Å². The standard InChI is InChI=1S/C26H20F2N8/c1-13(2)32-17-9-15(10-29-11-17)19-12-31-24-20(21(19)28)23(35-36-24)26-33-22-18(7-8-30-25(22)34-26)14-3-5-16(27)6-4-14/h3-13,32H,1-2H3,(H,30,33,34)(H,31,35,36). The van der Waals surface area contributed by atoms with Crippen molar-refractivity contribution in [2.24, 2.45) is 0 Å². The first-order valence-electron chi connectivity index (χ1n) is 11.3. The molecule has 178 valence electrons. The third-order valence-corrected chi connectivity index (χ3v) is 5.79. The molecule has 0 saturated heterocycles. The van der Waals surface area contributed by atoms with E-state index >= 15 is 4.39 Å². The van der Waals surface area contributed by atoms with Gasteiger partial charge in [0.2, 0.25) is 0 Å². The van der Waals surface area contributed by atoms with Gasteiger partial charge >= 0.3 is 0 Å². The van der Waals surface area contributed by atoms with Crippen molar-refractivity contribution in [3.05, 3.63) is 72.8 Å². The molecule has 0 atom stereocenters. The predicted molar refractivity (Wildman–Crippen MR) is 134 cm³/mol. The molecule has 3 N–H and O–H groups in total. The topological polar surface area (TPSA) is 108 Å². The van der Waals surface area contributed by atoms with Crippen LogP contribution in [0.25, 0.3) is 56.0 Å². The smallest absolute Gasteiger partial charge is 0.161 e. The summed E-state index contributed by atoms with van der Waals surface area (Å²) in [4.78, 5) is 20.8. The lowest BCUT2D eigenvalue weighted by molar-refractivity contribution is 0.628. The number of pyridine rings is 3. The lowest BCUT2D eigenvalue weighted by Gasteiger charge is -2.11. The third-order valence-electron chi connectivity index (χ3n) is 5.79. The van der Waals surface area contributed by atoms with Crippen molar-refractivity contribution in [3.8, 4) is 33.8 Å². The van der Waals surface area contributed by atoms with Crippen LogP contribution in [0.1, 0.15) is 13.8 Å². The molecule has 0 radical (unpaired) electrons. The molecule has 0 saturated carbocycles. The van der Waals surface area contributed by atoms with E-state index in [1.807, 2.05) is 19.9 Å². The van der Waals surface area contributed by atoms with Crippen molar-refractivity contribution in [1.82, 2.24) is 35.1 Å². The van der Waals surface area contributed by atoms with Crippen LogP contribution in [0.15, 0.2) is 61.2 Å². The zero-order valence-electron chi connectivity index (χ0n) is 19.3. The zero-order valence-corrected chi connectivity index (χ0v) is 19.3. The molecular weight excluding hydrogens is 462 g/mol. The number of nitrogens with one attached hydrogen (secondary N) is 3. The van der Waals surface area contributed by atoms with Gasteiger partial charge in [0.1, 0.15) is 22.8 Å². The minimum absolute atomic E-state index is 0.203. The quantitative estimate of drug-likeness (QED) is 0.290. The second kappa shape index (κ2) is 8.49. The van der Waals surface area contributed by atoms with Crippen LogP contribution in [-0.2, 0) is 0 Å². The van der Waals surface area contributed by atoms with Crippen molar-refractivity contribution in [2.75, 3.05) is 5.32 Å². The van der Waals surface area contributed by atoms with Crippen molar-refractivity contribution in [1.29, 1.82) is 0 Å². The number of hydrogen-bond donors (Lipinski definition) is 3. The van der Waals surface area contributed by atoms with Gasteiger partial charge in [-0.3, -0.25) is 10.1 Å². The lowest BCUT2D eigenvalue weighted by atomic mass is 10.1. The average Bonchev–Trinajstić information content (AvgIpc) is 3.49. The van der Waals surface area contributed by atoms with Gasteiger partial charge in [0, 0.05) is 47.5 Å². The molecule has 36 heavy (non-hydrogen) atoms. The fourth-order valence-electron chi connectivity index (χ4n) is 4.21. The molecule has 10 heteroatoms. The van der Waals surface area contributed by atoms with E-state index in [1.54, 1.807) is 36.8 Å². The van der Waals surface area contributed by atoms with E-state index in [2.05, 4.69) is 40.4 Å². The van der Waals surface area contributed by atoms with Gasteiger partial charge in [-0.2, -0.15) is 5.10 Å². The largest absolute Gasteiger partial charge is 0.382 e. The molecule has 8 nitrogen and oxygen atoms in total. The Kier molecular flexibility index (Phi) is 5.14. The van der Waals surface area contributed by atoms with E-state index in [4.69, 9.17) is 0 Å². The Hall–Kier alpha value is -4.73. The number of H-pyrrole nitrogens is 2. The van der Waals surface area contributed by atoms with E-state index in [9.17, 15) is 4.39 Å². The maximum atomic E-state index is 15.9. The highest BCUT2D eigenvalue weighted by Crippen LogP contribution is 2.34. The first kappa shape index (κ1) is 21.8. The summed E-state index contributed by atoms with van der Waals surface area (Å²) in [6, 6.07) is 9.96. The van der Waals surface area contributed by atoms with Crippen LogP contribution in [0, 0.1) is 11.6 Å². The zero-order chi connectivity index (χ0) is 24.8. The number of aromatic amines is 2. The molecule has 0 amide bonds. The lowest BCUT2D eigenvalue weighted by Crippen LogP contribution is -2.09. The van der Waals surface area contributed by atoms with Gasteiger partial charge in [0.25, 0.3) is 0 Å². The number of fused-ring (bicyclic) bond motifs is 2. The normalized spacial score (nSPS) is 11.6. The second-order valence-electron chi connectivity index (χ2n) is 8.69. The van der Waals surface area contributed by atoms with Crippen LogP contribution >= 0.6 is 0 Å². The molecule has 0 aliphatic rings. The number of hydrogen-bond acceptors (Lipinski definition) is 6. The summed E-state index contributed by atoms with van der Waals surface area (Å²) in [6.07, 6.45) is 6.38. The average molecular weight is 482 g/mol. The Labute approximate surface area is 203 Å². The summed E-state index contributed by atoms with van der Waals surface area (Å²) in [5, 5.41) is 10.6. The van der Waals surface area contributed by atoms with Gasteiger partial charge in [-0.1, -0.05) is 12.1 Å².